The summed E-state index contributed by atoms with van der Waals surface area (Å²) in [6.07, 6.45) is -0.882. The fraction of sp³-hybridized carbons (Fsp3) is 0.400. The van der Waals surface area contributed by atoms with E-state index in [1.807, 2.05) is 39.0 Å². The van der Waals surface area contributed by atoms with Crippen molar-refractivity contribution in [2.45, 2.75) is 39.3 Å². The highest BCUT2D eigenvalue weighted by atomic mass is 16.5. The Morgan fingerprint density at radius 3 is 2.62 bits per heavy atom. The molecule has 0 spiro atoms. The maximum atomic E-state index is 12.1. The number of amides is 1. The molecule has 0 bridgehead atoms. The van der Waals surface area contributed by atoms with Gasteiger partial charge < -0.3 is 10.1 Å². The molecule has 2 rings (SSSR count). The Bertz CT molecular complexity index is 670. The summed E-state index contributed by atoms with van der Waals surface area (Å²) in [5.41, 5.74) is 0.550. The zero-order valence-electron chi connectivity index (χ0n) is 12.6. The summed E-state index contributed by atoms with van der Waals surface area (Å²) in [6, 6.07) is 7.24. The Morgan fingerprint density at radius 1 is 1.29 bits per heavy atom. The van der Waals surface area contributed by atoms with E-state index >= 15 is 0 Å². The molecule has 1 heterocycles. The summed E-state index contributed by atoms with van der Waals surface area (Å²) >= 11 is 0. The summed E-state index contributed by atoms with van der Waals surface area (Å²) in [7, 11) is 0. The van der Waals surface area contributed by atoms with Crippen LogP contribution in [0.2, 0.25) is 0 Å². The maximum Gasteiger partial charge on any atom is 0.360 e. The standard InChI is InChI=1S/C15H19N3O3/c1-9(13(19)16-15(2,3)4)21-14(20)12-10-7-5-6-8-11(10)17-18-12/h5-9H,1-4H3,(H,16,19)(H,17,18). The summed E-state index contributed by atoms with van der Waals surface area (Å²) in [4.78, 5) is 24.0. The summed E-state index contributed by atoms with van der Waals surface area (Å²) < 4.78 is 5.18. The van der Waals surface area contributed by atoms with Gasteiger partial charge in [0.2, 0.25) is 0 Å². The van der Waals surface area contributed by atoms with Crippen LogP contribution in [0.4, 0.5) is 0 Å². The van der Waals surface area contributed by atoms with Crippen LogP contribution in [0.3, 0.4) is 0 Å². The van der Waals surface area contributed by atoms with Gasteiger partial charge in [0.05, 0.1) is 5.52 Å². The smallest absolute Gasteiger partial charge is 0.360 e. The van der Waals surface area contributed by atoms with Crippen molar-refractivity contribution in [3.63, 3.8) is 0 Å². The highest BCUT2D eigenvalue weighted by Gasteiger charge is 2.24. The zero-order chi connectivity index (χ0) is 15.6. The minimum Gasteiger partial charge on any atom is -0.448 e. The molecule has 6 heteroatoms. The van der Waals surface area contributed by atoms with Gasteiger partial charge in [-0.3, -0.25) is 9.89 Å². The number of aromatic nitrogens is 2. The van der Waals surface area contributed by atoms with Gasteiger partial charge >= 0.3 is 5.97 Å². The Balaban J connectivity index is 2.09. The number of carbonyl (C=O) groups excluding carboxylic acids is 2. The van der Waals surface area contributed by atoms with Crippen molar-refractivity contribution in [1.82, 2.24) is 15.5 Å². The van der Waals surface area contributed by atoms with Crippen molar-refractivity contribution >= 4 is 22.8 Å². The van der Waals surface area contributed by atoms with Crippen LogP contribution in [0.25, 0.3) is 10.9 Å². The predicted octanol–water partition coefficient (Wildman–Crippen LogP) is 2.02. The van der Waals surface area contributed by atoms with Gasteiger partial charge in [-0.2, -0.15) is 5.10 Å². The van der Waals surface area contributed by atoms with Gasteiger partial charge in [0.15, 0.2) is 11.8 Å². The van der Waals surface area contributed by atoms with Crippen LogP contribution in [-0.2, 0) is 9.53 Å². The van der Waals surface area contributed by atoms with Gasteiger partial charge in [-0.25, -0.2) is 4.79 Å². The second-order valence-corrected chi connectivity index (χ2v) is 5.90. The van der Waals surface area contributed by atoms with E-state index < -0.39 is 12.1 Å². The molecule has 0 saturated heterocycles. The Labute approximate surface area is 122 Å². The van der Waals surface area contributed by atoms with Crippen molar-refractivity contribution < 1.29 is 14.3 Å². The quantitative estimate of drug-likeness (QED) is 0.847. The van der Waals surface area contributed by atoms with Crippen molar-refractivity contribution in [2.75, 3.05) is 0 Å². The summed E-state index contributed by atoms with van der Waals surface area (Å²) in [6.45, 7) is 7.12. The first-order valence-electron chi connectivity index (χ1n) is 6.74. The molecule has 0 aliphatic rings. The summed E-state index contributed by atoms with van der Waals surface area (Å²) in [5, 5.41) is 10.1. The van der Waals surface area contributed by atoms with E-state index in [1.54, 1.807) is 6.07 Å². The first kappa shape index (κ1) is 15.0. The van der Waals surface area contributed by atoms with Crippen LogP contribution < -0.4 is 5.32 Å². The van der Waals surface area contributed by atoms with Gasteiger partial charge in [-0.15, -0.1) is 0 Å². The van der Waals surface area contributed by atoms with E-state index in [9.17, 15) is 9.59 Å². The molecule has 0 radical (unpaired) electrons. The number of ether oxygens (including phenoxy) is 1. The molecule has 1 amide bonds. The lowest BCUT2D eigenvalue weighted by atomic mass is 10.1. The number of nitrogens with zero attached hydrogens (tertiary/aromatic N) is 1. The monoisotopic (exact) mass is 289 g/mol. The van der Waals surface area contributed by atoms with Crippen molar-refractivity contribution in [2.24, 2.45) is 0 Å². The molecule has 2 aromatic rings. The average molecular weight is 289 g/mol. The fourth-order valence-electron chi connectivity index (χ4n) is 1.86. The van der Waals surface area contributed by atoms with E-state index in [1.165, 1.54) is 6.92 Å². The molecule has 1 aromatic carbocycles. The molecule has 0 fully saturated rings. The number of H-pyrrole nitrogens is 1. The number of nitrogens with one attached hydrogen (secondary N) is 2. The molecule has 1 unspecified atom stereocenters. The maximum absolute atomic E-state index is 12.1. The van der Waals surface area contributed by atoms with Gasteiger partial charge in [0.25, 0.3) is 5.91 Å². The van der Waals surface area contributed by atoms with Gasteiger partial charge in [-0.05, 0) is 33.8 Å². The number of hydrogen-bond acceptors (Lipinski definition) is 4. The molecule has 0 aliphatic heterocycles. The summed E-state index contributed by atoms with van der Waals surface area (Å²) in [5.74, 6) is -0.959. The van der Waals surface area contributed by atoms with Crippen LogP contribution >= 0.6 is 0 Å². The van der Waals surface area contributed by atoms with Crippen molar-refractivity contribution in [3.8, 4) is 0 Å². The van der Waals surface area contributed by atoms with Crippen molar-refractivity contribution in [1.29, 1.82) is 0 Å². The second-order valence-electron chi connectivity index (χ2n) is 5.90. The molecule has 0 aliphatic carbocycles. The second kappa shape index (κ2) is 5.55. The van der Waals surface area contributed by atoms with Gasteiger partial charge in [0, 0.05) is 10.9 Å². The minimum absolute atomic E-state index is 0.181. The zero-order valence-corrected chi connectivity index (χ0v) is 12.6. The molecule has 1 atom stereocenters. The molecule has 0 saturated carbocycles. The predicted molar refractivity (Wildman–Crippen MR) is 78.9 cm³/mol. The van der Waals surface area contributed by atoms with Crippen LogP contribution in [0.15, 0.2) is 24.3 Å². The van der Waals surface area contributed by atoms with Crippen LogP contribution in [-0.4, -0.2) is 33.7 Å². The number of aromatic amines is 1. The van der Waals surface area contributed by atoms with Gasteiger partial charge in [0.1, 0.15) is 0 Å². The van der Waals surface area contributed by atoms with E-state index in [4.69, 9.17) is 4.74 Å². The molecular weight excluding hydrogens is 270 g/mol. The van der Waals surface area contributed by atoms with Crippen LogP contribution in [0.1, 0.15) is 38.2 Å². The number of hydrogen-bond donors (Lipinski definition) is 2. The van der Waals surface area contributed by atoms with E-state index in [0.29, 0.717) is 5.39 Å². The molecule has 1 aromatic heterocycles. The molecule has 112 valence electrons. The minimum atomic E-state index is -0.882. The first-order valence-corrected chi connectivity index (χ1v) is 6.74. The Hall–Kier alpha value is -2.37. The number of rotatable bonds is 3. The van der Waals surface area contributed by atoms with Crippen LogP contribution in [0.5, 0.6) is 0 Å². The lowest BCUT2D eigenvalue weighted by Crippen LogP contribution is -2.46. The molecule has 21 heavy (non-hydrogen) atoms. The SMILES string of the molecule is CC(OC(=O)c1n[nH]c2ccccc12)C(=O)NC(C)(C)C. The lowest BCUT2D eigenvalue weighted by Gasteiger charge is -2.23. The topological polar surface area (TPSA) is 84.1 Å². The van der Waals surface area contributed by atoms with E-state index in [2.05, 4.69) is 15.5 Å². The Kier molecular flexibility index (Phi) is 3.97. The number of benzene rings is 1. The van der Waals surface area contributed by atoms with Gasteiger partial charge in [-0.1, -0.05) is 18.2 Å². The normalized spacial score (nSPS) is 13.0. The lowest BCUT2D eigenvalue weighted by molar-refractivity contribution is -0.130. The number of para-hydroxylation sites is 1. The molecule has 2 N–H and O–H groups in total. The highest BCUT2D eigenvalue weighted by Crippen LogP contribution is 2.16. The number of fused-ring (bicyclic) bond motifs is 1. The van der Waals surface area contributed by atoms with E-state index in [0.717, 1.165) is 5.52 Å². The van der Waals surface area contributed by atoms with Crippen LogP contribution in [0, 0.1) is 0 Å². The number of esters is 1. The molecular formula is C15H19N3O3. The highest BCUT2D eigenvalue weighted by molar-refractivity contribution is 6.02. The fourth-order valence-corrected chi connectivity index (χ4v) is 1.86. The average Bonchev–Trinajstić information content (AvgIpc) is 2.80. The number of carbonyl (C=O) groups is 2. The largest absolute Gasteiger partial charge is 0.448 e. The third-order valence-electron chi connectivity index (χ3n) is 2.81. The Morgan fingerprint density at radius 2 is 1.95 bits per heavy atom. The van der Waals surface area contributed by atoms with Crippen molar-refractivity contribution in [3.05, 3.63) is 30.0 Å². The molecule has 6 nitrogen and oxygen atoms in total. The van der Waals surface area contributed by atoms with E-state index in [-0.39, 0.29) is 17.1 Å². The third kappa shape index (κ3) is 3.59. The first-order chi connectivity index (χ1) is 9.78. The third-order valence-corrected chi connectivity index (χ3v) is 2.81.